The van der Waals surface area contributed by atoms with Gasteiger partial charge in [0.05, 0.1) is 0 Å². The van der Waals surface area contributed by atoms with Gasteiger partial charge in [-0.3, -0.25) is 9.98 Å². The Morgan fingerprint density at radius 1 is 1.44 bits per heavy atom. The number of hydrogen-bond donors (Lipinski definition) is 0. The Bertz CT molecular complexity index is 143. The van der Waals surface area contributed by atoms with Crippen LogP contribution < -0.4 is 0 Å². The van der Waals surface area contributed by atoms with Gasteiger partial charge in [-0.05, 0) is 19.4 Å². The molecule has 0 atom stereocenters. The van der Waals surface area contributed by atoms with Crippen LogP contribution in [0.2, 0.25) is 0 Å². The summed E-state index contributed by atoms with van der Waals surface area (Å²) in [5, 5.41) is 0. The van der Waals surface area contributed by atoms with Gasteiger partial charge in [-0.15, -0.1) is 0 Å². The molecule has 0 bridgehead atoms. The summed E-state index contributed by atoms with van der Waals surface area (Å²) in [6.45, 7) is 3.84. The van der Waals surface area contributed by atoms with Crippen molar-refractivity contribution in [1.82, 2.24) is 0 Å². The molecule has 50 valence electrons. The summed E-state index contributed by atoms with van der Waals surface area (Å²) in [7, 11) is 1.74. The fourth-order valence-electron chi connectivity index (χ4n) is 0.429. The fraction of sp³-hybridized carbons (Fsp3) is 0.429. The number of aliphatic imine (C=N–C) groups is 2. The molecule has 0 aliphatic rings. The maximum Gasteiger partial charge on any atom is 0.0308 e. The third kappa shape index (κ3) is 4.94. The summed E-state index contributed by atoms with van der Waals surface area (Å²) in [5.74, 6) is 0. The highest BCUT2D eigenvalue weighted by atomic mass is 14.7. The highest BCUT2D eigenvalue weighted by Crippen LogP contribution is 1.86. The third-order valence-electron chi connectivity index (χ3n) is 0.760. The standard InChI is InChI=1S/C7H12N2/c1-4-9-6-7(2)5-8-3/h4-6H,1-3H3/b7-6-,8-5?,9-4?. The van der Waals surface area contributed by atoms with Crippen LogP contribution in [0.25, 0.3) is 0 Å². The van der Waals surface area contributed by atoms with Gasteiger partial charge in [0.15, 0.2) is 0 Å². The van der Waals surface area contributed by atoms with Crippen LogP contribution in [0.15, 0.2) is 21.8 Å². The quantitative estimate of drug-likeness (QED) is 0.500. The van der Waals surface area contributed by atoms with Crippen LogP contribution in [0.4, 0.5) is 0 Å². The van der Waals surface area contributed by atoms with Crippen LogP contribution in [-0.2, 0) is 0 Å². The second kappa shape index (κ2) is 5.22. The lowest BCUT2D eigenvalue weighted by molar-refractivity contribution is 1.42. The van der Waals surface area contributed by atoms with Crippen molar-refractivity contribution in [3.8, 4) is 0 Å². The maximum absolute atomic E-state index is 3.91. The van der Waals surface area contributed by atoms with Crippen molar-refractivity contribution in [3.63, 3.8) is 0 Å². The van der Waals surface area contributed by atoms with E-state index in [-0.39, 0.29) is 0 Å². The molecule has 2 nitrogen and oxygen atoms in total. The summed E-state index contributed by atoms with van der Waals surface area (Å²) < 4.78 is 0. The molecule has 0 unspecified atom stereocenters. The van der Waals surface area contributed by atoms with E-state index in [1.165, 1.54) is 0 Å². The minimum atomic E-state index is 1.07. The average molecular weight is 124 g/mol. The Labute approximate surface area is 56.0 Å². The second-order valence-electron chi connectivity index (χ2n) is 1.67. The van der Waals surface area contributed by atoms with Crippen molar-refractivity contribution in [2.75, 3.05) is 7.05 Å². The van der Waals surface area contributed by atoms with Crippen molar-refractivity contribution in [2.24, 2.45) is 9.98 Å². The maximum atomic E-state index is 3.91. The van der Waals surface area contributed by atoms with Gasteiger partial charge in [0, 0.05) is 25.7 Å². The number of rotatable bonds is 2. The van der Waals surface area contributed by atoms with Crippen molar-refractivity contribution < 1.29 is 0 Å². The lowest BCUT2D eigenvalue weighted by Crippen LogP contribution is -1.74. The first-order valence-electron chi connectivity index (χ1n) is 2.88. The Balaban J connectivity index is 3.84. The van der Waals surface area contributed by atoms with E-state index < -0.39 is 0 Å². The Hall–Kier alpha value is -0.920. The molecule has 0 aliphatic carbocycles. The number of nitrogens with zero attached hydrogens (tertiary/aromatic N) is 2. The van der Waals surface area contributed by atoms with Gasteiger partial charge in [-0.25, -0.2) is 0 Å². The highest BCUT2D eigenvalue weighted by molar-refractivity contribution is 5.77. The first-order valence-corrected chi connectivity index (χ1v) is 2.88. The van der Waals surface area contributed by atoms with E-state index in [0.29, 0.717) is 0 Å². The van der Waals surface area contributed by atoms with E-state index in [2.05, 4.69) is 9.98 Å². The van der Waals surface area contributed by atoms with Crippen LogP contribution in [0.3, 0.4) is 0 Å². The molecule has 0 spiro atoms. The lowest BCUT2D eigenvalue weighted by Gasteiger charge is -1.82. The molecule has 0 saturated heterocycles. The molecule has 0 N–H and O–H groups in total. The average Bonchev–Trinajstić information content (AvgIpc) is 1.85. The van der Waals surface area contributed by atoms with E-state index in [9.17, 15) is 0 Å². The molecule has 0 radical (unpaired) electrons. The molecule has 0 heterocycles. The fourth-order valence-corrected chi connectivity index (χ4v) is 0.429. The Morgan fingerprint density at radius 3 is 2.56 bits per heavy atom. The predicted octanol–water partition coefficient (Wildman–Crippen LogP) is 1.68. The number of allylic oxidation sites excluding steroid dienone is 1. The molecule has 2 heteroatoms. The molecule has 0 aromatic rings. The number of hydrogen-bond acceptors (Lipinski definition) is 2. The summed E-state index contributed by atoms with van der Waals surface area (Å²) in [5.41, 5.74) is 1.07. The van der Waals surface area contributed by atoms with Crippen molar-refractivity contribution in [3.05, 3.63) is 11.8 Å². The van der Waals surface area contributed by atoms with Gasteiger partial charge in [0.1, 0.15) is 0 Å². The van der Waals surface area contributed by atoms with Crippen molar-refractivity contribution >= 4 is 12.4 Å². The van der Waals surface area contributed by atoms with Crippen LogP contribution in [0.1, 0.15) is 13.8 Å². The SMILES string of the molecule is CC=N/C=C(/C)C=NC. The van der Waals surface area contributed by atoms with E-state index in [1.54, 1.807) is 25.7 Å². The summed E-state index contributed by atoms with van der Waals surface area (Å²) >= 11 is 0. The van der Waals surface area contributed by atoms with Gasteiger partial charge in [0.25, 0.3) is 0 Å². The molecule has 0 rings (SSSR count). The Kier molecular flexibility index (Phi) is 4.69. The van der Waals surface area contributed by atoms with E-state index in [1.807, 2.05) is 13.8 Å². The summed E-state index contributed by atoms with van der Waals surface area (Å²) in [4.78, 5) is 7.73. The zero-order valence-corrected chi connectivity index (χ0v) is 6.13. The predicted molar refractivity (Wildman–Crippen MR) is 42.3 cm³/mol. The molecule has 0 amide bonds. The normalized spacial score (nSPS) is 13.9. The molecule has 0 aromatic carbocycles. The van der Waals surface area contributed by atoms with Gasteiger partial charge in [-0.2, -0.15) is 0 Å². The largest absolute Gasteiger partial charge is 0.296 e. The first-order chi connectivity index (χ1) is 4.31. The molecule has 0 aliphatic heterocycles. The molecule has 0 aromatic heterocycles. The Morgan fingerprint density at radius 2 is 2.11 bits per heavy atom. The van der Waals surface area contributed by atoms with Crippen molar-refractivity contribution in [2.45, 2.75) is 13.8 Å². The van der Waals surface area contributed by atoms with Crippen LogP contribution in [-0.4, -0.2) is 19.5 Å². The molecule has 9 heavy (non-hydrogen) atoms. The molecular weight excluding hydrogens is 112 g/mol. The molecule has 0 fully saturated rings. The van der Waals surface area contributed by atoms with Gasteiger partial charge in [-0.1, -0.05) is 0 Å². The lowest BCUT2D eigenvalue weighted by atomic mass is 10.4. The zero-order chi connectivity index (χ0) is 7.11. The van der Waals surface area contributed by atoms with Crippen LogP contribution in [0, 0.1) is 0 Å². The molecule has 0 saturated carbocycles. The van der Waals surface area contributed by atoms with E-state index in [4.69, 9.17) is 0 Å². The van der Waals surface area contributed by atoms with Gasteiger partial charge in [0.2, 0.25) is 0 Å². The second-order valence-corrected chi connectivity index (χ2v) is 1.67. The summed E-state index contributed by atoms with van der Waals surface area (Å²) in [6, 6.07) is 0. The minimum absolute atomic E-state index is 1.07. The van der Waals surface area contributed by atoms with Crippen LogP contribution >= 0.6 is 0 Å². The zero-order valence-electron chi connectivity index (χ0n) is 6.13. The van der Waals surface area contributed by atoms with E-state index >= 15 is 0 Å². The summed E-state index contributed by atoms with van der Waals surface area (Å²) in [6.07, 6.45) is 5.28. The van der Waals surface area contributed by atoms with Gasteiger partial charge >= 0.3 is 0 Å². The van der Waals surface area contributed by atoms with Crippen LogP contribution in [0.5, 0.6) is 0 Å². The monoisotopic (exact) mass is 124 g/mol. The minimum Gasteiger partial charge on any atom is -0.296 e. The molecular formula is C7H12N2. The van der Waals surface area contributed by atoms with Crippen molar-refractivity contribution in [1.29, 1.82) is 0 Å². The third-order valence-corrected chi connectivity index (χ3v) is 0.760. The first kappa shape index (κ1) is 8.08. The highest BCUT2D eigenvalue weighted by Gasteiger charge is 1.74. The smallest absolute Gasteiger partial charge is 0.0308 e. The van der Waals surface area contributed by atoms with Gasteiger partial charge < -0.3 is 0 Å². The van der Waals surface area contributed by atoms with E-state index in [0.717, 1.165) is 5.57 Å². The topological polar surface area (TPSA) is 24.7 Å².